The fraction of sp³-hybridized carbons (Fsp3) is 0.176. The SMILES string of the molecule is Cc1ccc(C)c(NC(=O)c2c(-c3ccc(Br)s3)noc2C)c1. The van der Waals surface area contributed by atoms with Crippen molar-refractivity contribution in [2.75, 3.05) is 5.32 Å². The maximum absolute atomic E-state index is 12.7. The smallest absolute Gasteiger partial charge is 0.261 e. The number of benzene rings is 1. The Kier molecular flexibility index (Phi) is 4.37. The Hall–Kier alpha value is -1.92. The van der Waals surface area contributed by atoms with Gasteiger partial charge in [-0.25, -0.2) is 0 Å². The van der Waals surface area contributed by atoms with Crippen LogP contribution in [0.2, 0.25) is 0 Å². The normalized spacial score (nSPS) is 10.8. The number of thiophene rings is 1. The van der Waals surface area contributed by atoms with Gasteiger partial charge >= 0.3 is 0 Å². The highest BCUT2D eigenvalue weighted by molar-refractivity contribution is 9.11. The van der Waals surface area contributed by atoms with Crippen molar-refractivity contribution in [1.82, 2.24) is 5.16 Å². The van der Waals surface area contributed by atoms with E-state index in [1.807, 2.05) is 44.2 Å². The van der Waals surface area contributed by atoms with Gasteiger partial charge in [-0.2, -0.15) is 0 Å². The summed E-state index contributed by atoms with van der Waals surface area (Å²) < 4.78 is 6.23. The van der Waals surface area contributed by atoms with Crippen LogP contribution in [-0.2, 0) is 0 Å². The summed E-state index contributed by atoms with van der Waals surface area (Å²) in [5, 5.41) is 7.02. The van der Waals surface area contributed by atoms with Crippen LogP contribution in [0.3, 0.4) is 0 Å². The van der Waals surface area contributed by atoms with E-state index in [1.165, 1.54) is 11.3 Å². The summed E-state index contributed by atoms with van der Waals surface area (Å²) in [4.78, 5) is 13.6. The van der Waals surface area contributed by atoms with E-state index in [1.54, 1.807) is 6.92 Å². The first kappa shape index (κ1) is 16.0. The highest BCUT2D eigenvalue weighted by atomic mass is 79.9. The summed E-state index contributed by atoms with van der Waals surface area (Å²) >= 11 is 4.94. The summed E-state index contributed by atoms with van der Waals surface area (Å²) in [5.41, 5.74) is 3.95. The minimum atomic E-state index is -0.211. The summed E-state index contributed by atoms with van der Waals surface area (Å²) in [5.74, 6) is 0.296. The standard InChI is InChI=1S/C17H15BrN2O2S/c1-9-4-5-10(2)12(8-9)19-17(21)15-11(3)22-20-16(15)13-6-7-14(18)23-13/h4-8H,1-3H3,(H,19,21). The molecule has 0 saturated heterocycles. The summed E-state index contributed by atoms with van der Waals surface area (Å²) in [7, 11) is 0. The van der Waals surface area contributed by atoms with Crippen LogP contribution in [0.15, 0.2) is 38.6 Å². The molecule has 0 fully saturated rings. The molecule has 0 unspecified atom stereocenters. The third kappa shape index (κ3) is 3.23. The molecule has 0 aliphatic carbocycles. The third-order valence-corrected chi connectivity index (χ3v) is 5.17. The van der Waals surface area contributed by atoms with E-state index in [9.17, 15) is 4.79 Å². The van der Waals surface area contributed by atoms with Crippen LogP contribution in [0.1, 0.15) is 27.2 Å². The lowest BCUT2D eigenvalue weighted by Crippen LogP contribution is -2.14. The number of nitrogens with zero attached hydrogens (tertiary/aromatic N) is 1. The van der Waals surface area contributed by atoms with Gasteiger partial charge in [-0.15, -0.1) is 11.3 Å². The predicted molar refractivity (Wildman–Crippen MR) is 96.1 cm³/mol. The number of nitrogens with one attached hydrogen (secondary N) is 1. The van der Waals surface area contributed by atoms with Crippen molar-refractivity contribution in [3.05, 3.63) is 56.6 Å². The molecule has 1 N–H and O–H groups in total. The maximum atomic E-state index is 12.7. The third-order valence-electron chi connectivity index (χ3n) is 3.54. The molecule has 3 aromatic rings. The van der Waals surface area contributed by atoms with Crippen LogP contribution in [0, 0.1) is 20.8 Å². The van der Waals surface area contributed by atoms with Gasteiger partial charge < -0.3 is 9.84 Å². The quantitative estimate of drug-likeness (QED) is 0.656. The van der Waals surface area contributed by atoms with Crippen molar-refractivity contribution in [1.29, 1.82) is 0 Å². The number of carbonyl (C=O) groups is 1. The number of hydrogen-bond donors (Lipinski definition) is 1. The number of anilines is 1. The molecule has 0 aliphatic rings. The fourth-order valence-corrected chi connectivity index (χ4v) is 3.68. The first-order chi connectivity index (χ1) is 11.0. The molecule has 0 atom stereocenters. The number of rotatable bonds is 3. The maximum Gasteiger partial charge on any atom is 0.261 e. The van der Waals surface area contributed by atoms with Gasteiger partial charge in [0.25, 0.3) is 5.91 Å². The van der Waals surface area contributed by atoms with Gasteiger partial charge in [-0.3, -0.25) is 4.79 Å². The zero-order valence-corrected chi connectivity index (χ0v) is 15.3. The largest absolute Gasteiger partial charge is 0.360 e. The van der Waals surface area contributed by atoms with Gasteiger partial charge in [-0.05, 0) is 66.0 Å². The molecule has 0 radical (unpaired) electrons. The van der Waals surface area contributed by atoms with Gasteiger partial charge in [0.1, 0.15) is 17.0 Å². The number of aromatic nitrogens is 1. The van der Waals surface area contributed by atoms with Crippen molar-refractivity contribution < 1.29 is 9.32 Å². The second kappa shape index (κ2) is 6.29. The summed E-state index contributed by atoms with van der Waals surface area (Å²) in [6.07, 6.45) is 0. The molecule has 0 spiro atoms. The van der Waals surface area contributed by atoms with E-state index in [4.69, 9.17) is 4.52 Å². The second-order valence-electron chi connectivity index (χ2n) is 5.34. The highest BCUT2D eigenvalue weighted by Gasteiger charge is 2.23. The van der Waals surface area contributed by atoms with Crippen molar-refractivity contribution in [2.24, 2.45) is 0 Å². The Balaban J connectivity index is 1.97. The number of halogens is 1. The Labute approximate surface area is 146 Å². The Bertz CT molecular complexity index is 883. The van der Waals surface area contributed by atoms with Gasteiger partial charge in [0, 0.05) is 5.69 Å². The van der Waals surface area contributed by atoms with Crippen molar-refractivity contribution in [3.8, 4) is 10.6 Å². The molecule has 2 aromatic heterocycles. The lowest BCUT2D eigenvalue weighted by molar-refractivity contribution is 0.102. The molecule has 0 aliphatic heterocycles. The topological polar surface area (TPSA) is 55.1 Å². The molecule has 1 amide bonds. The van der Waals surface area contributed by atoms with Crippen molar-refractivity contribution in [3.63, 3.8) is 0 Å². The number of amides is 1. The van der Waals surface area contributed by atoms with Crippen molar-refractivity contribution in [2.45, 2.75) is 20.8 Å². The van der Waals surface area contributed by atoms with Crippen LogP contribution in [0.5, 0.6) is 0 Å². The summed E-state index contributed by atoms with van der Waals surface area (Å²) in [6.45, 7) is 5.71. The van der Waals surface area contributed by atoms with E-state index >= 15 is 0 Å². The van der Waals surface area contributed by atoms with Crippen molar-refractivity contribution >= 4 is 38.9 Å². The highest BCUT2D eigenvalue weighted by Crippen LogP contribution is 2.34. The van der Waals surface area contributed by atoms with Crippen LogP contribution < -0.4 is 5.32 Å². The minimum Gasteiger partial charge on any atom is -0.360 e. The van der Waals surface area contributed by atoms with Gasteiger partial charge in [0.15, 0.2) is 0 Å². The van der Waals surface area contributed by atoms with Crippen LogP contribution >= 0.6 is 27.3 Å². The second-order valence-corrected chi connectivity index (χ2v) is 7.80. The average molecular weight is 391 g/mol. The van der Waals surface area contributed by atoms with E-state index in [-0.39, 0.29) is 5.91 Å². The Morgan fingerprint density at radius 1 is 1.22 bits per heavy atom. The molecule has 2 heterocycles. The van der Waals surface area contributed by atoms with E-state index in [0.29, 0.717) is 17.0 Å². The van der Waals surface area contributed by atoms with Crippen LogP contribution in [-0.4, -0.2) is 11.1 Å². The molecule has 0 bridgehead atoms. The van der Waals surface area contributed by atoms with E-state index < -0.39 is 0 Å². The first-order valence-corrected chi connectivity index (χ1v) is 8.67. The molecule has 0 saturated carbocycles. The molecule has 3 rings (SSSR count). The number of carbonyl (C=O) groups excluding carboxylic acids is 1. The zero-order valence-electron chi connectivity index (χ0n) is 12.9. The van der Waals surface area contributed by atoms with Gasteiger partial charge in [0.2, 0.25) is 0 Å². The van der Waals surface area contributed by atoms with E-state index in [2.05, 4.69) is 26.4 Å². The molecule has 23 heavy (non-hydrogen) atoms. The Morgan fingerprint density at radius 3 is 2.70 bits per heavy atom. The predicted octanol–water partition coefficient (Wildman–Crippen LogP) is 5.34. The lowest BCUT2D eigenvalue weighted by atomic mass is 10.1. The summed E-state index contributed by atoms with van der Waals surface area (Å²) in [6, 6.07) is 9.81. The number of hydrogen-bond acceptors (Lipinski definition) is 4. The monoisotopic (exact) mass is 390 g/mol. The van der Waals surface area contributed by atoms with E-state index in [0.717, 1.165) is 25.5 Å². The zero-order chi connectivity index (χ0) is 16.6. The first-order valence-electron chi connectivity index (χ1n) is 7.06. The molecule has 118 valence electrons. The molecule has 1 aromatic carbocycles. The Morgan fingerprint density at radius 2 is 2.00 bits per heavy atom. The van der Waals surface area contributed by atoms with Crippen LogP contribution in [0.25, 0.3) is 10.6 Å². The fourth-order valence-electron chi connectivity index (χ4n) is 2.30. The average Bonchev–Trinajstić information content (AvgIpc) is 3.08. The van der Waals surface area contributed by atoms with Crippen LogP contribution in [0.4, 0.5) is 5.69 Å². The lowest BCUT2D eigenvalue weighted by Gasteiger charge is -2.09. The van der Waals surface area contributed by atoms with Gasteiger partial charge in [0.05, 0.1) is 8.66 Å². The molecule has 6 heteroatoms. The molecule has 4 nitrogen and oxygen atoms in total. The van der Waals surface area contributed by atoms with Gasteiger partial charge in [-0.1, -0.05) is 17.3 Å². The molecular weight excluding hydrogens is 376 g/mol. The molecular formula is C17H15BrN2O2S. The minimum absolute atomic E-state index is 0.211. The number of aryl methyl sites for hydroxylation is 3.